The Hall–Kier alpha value is -2.84. The van der Waals surface area contributed by atoms with Gasteiger partial charge in [-0.1, -0.05) is 11.6 Å². The fraction of sp³-hybridized carbons (Fsp3) is 0.350. The first-order valence-corrected chi connectivity index (χ1v) is 9.85. The van der Waals surface area contributed by atoms with Crippen molar-refractivity contribution >= 4 is 17.5 Å². The average molecular weight is 415 g/mol. The molecule has 0 saturated carbocycles. The Balaban J connectivity index is 1.27. The molecule has 1 aliphatic heterocycles. The van der Waals surface area contributed by atoms with Gasteiger partial charge in [-0.3, -0.25) is 14.4 Å². The van der Waals surface area contributed by atoms with Crippen LogP contribution in [0.1, 0.15) is 16.1 Å². The molecule has 4 rings (SSSR count). The third-order valence-electron chi connectivity index (χ3n) is 4.86. The van der Waals surface area contributed by atoms with Gasteiger partial charge in [0.25, 0.3) is 5.91 Å². The van der Waals surface area contributed by atoms with Gasteiger partial charge in [-0.15, -0.1) is 0 Å². The Labute approximate surface area is 174 Å². The first-order chi connectivity index (χ1) is 14.1. The summed E-state index contributed by atoms with van der Waals surface area (Å²) < 4.78 is 9.08. The number of rotatable bonds is 6. The van der Waals surface area contributed by atoms with Crippen LogP contribution in [0.3, 0.4) is 0 Å². The summed E-state index contributed by atoms with van der Waals surface area (Å²) in [6, 6.07) is 8.85. The summed E-state index contributed by atoms with van der Waals surface area (Å²) >= 11 is 5.87. The zero-order valence-corrected chi connectivity index (χ0v) is 17.0. The molecule has 1 amide bonds. The van der Waals surface area contributed by atoms with E-state index in [4.69, 9.17) is 16.3 Å². The highest BCUT2D eigenvalue weighted by Crippen LogP contribution is 2.16. The van der Waals surface area contributed by atoms with E-state index in [1.165, 1.54) is 5.56 Å². The number of benzene rings is 1. The molecule has 1 saturated heterocycles. The number of carbonyl (C=O) groups excluding carboxylic acids is 1. The van der Waals surface area contributed by atoms with Gasteiger partial charge in [0.05, 0.1) is 6.20 Å². The van der Waals surface area contributed by atoms with E-state index in [-0.39, 0.29) is 12.6 Å². The molecule has 8 nitrogen and oxygen atoms in total. The number of hydrogen-bond acceptors (Lipinski definition) is 5. The second kappa shape index (κ2) is 8.67. The van der Waals surface area contributed by atoms with Crippen LogP contribution in [-0.4, -0.2) is 61.4 Å². The summed E-state index contributed by atoms with van der Waals surface area (Å²) in [4.78, 5) is 16.9. The zero-order valence-electron chi connectivity index (χ0n) is 16.2. The van der Waals surface area contributed by atoms with Crippen LogP contribution < -0.4 is 4.74 Å². The van der Waals surface area contributed by atoms with Crippen LogP contribution in [0, 0.1) is 0 Å². The van der Waals surface area contributed by atoms with Crippen LogP contribution in [0.25, 0.3) is 0 Å². The maximum Gasteiger partial charge on any atom is 0.274 e. The third-order valence-corrected chi connectivity index (χ3v) is 5.11. The Kier molecular flexibility index (Phi) is 5.82. The van der Waals surface area contributed by atoms with Gasteiger partial charge in [-0.25, -0.2) is 4.68 Å². The molecule has 0 spiro atoms. The predicted molar refractivity (Wildman–Crippen MR) is 109 cm³/mol. The van der Waals surface area contributed by atoms with Gasteiger partial charge in [0.1, 0.15) is 5.75 Å². The van der Waals surface area contributed by atoms with Crippen molar-refractivity contribution in [3.63, 3.8) is 0 Å². The molecule has 29 heavy (non-hydrogen) atoms. The lowest BCUT2D eigenvalue weighted by atomic mass is 10.2. The second-order valence-corrected chi connectivity index (χ2v) is 7.49. The number of ether oxygens (including phenoxy) is 1. The molecule has 0 bridgehead atoms. The normalized spacial score (nSPS) is 14.9. The largest absolute Gasteiger partial charge is 0.471 e. The van der Waals surface area contributed by atoms with Gasteiger partial charge < -0.3 is 9.64 Å². The van der Waals surface area contributed by atoms with Crippen LogP contribution in [0.15, 0.2) is 48.9 Å². The van der Waals surface area contributed by atoms with E-state index >= 15 is 0 Å². The van der Waals surface area contributed by atoms with Gasteiger partial charge >= 0.3 is 0 Å². The van der Waals surface area contributed by atoms with Crippen LogP contribution in [0.5, 0.6) is 5.75 Å². The van der Waals surface area contributed by atoms with Crippen molar-refractivity contribution in [3.05, 3.63) is 65.2 Å². The third kappa shape index (κ3) is 4.96. The minimum absolute atomic E-state index is 0.0451. The fourth-order valence-corrected chi connectivity index (χ4v) is 3.43. The van der Waals surface area contributed by atoms with E-state index in [1.807, 2.05) is 29.0 Å². The van der Waals surface area contributed by atoms with Crippen molar-refractivity contribution in [2.45, 2.75) is 13.3 Å². The highest BCUT2D eigenvalue weighted by Gasteiger charge is 2.23. The molecule has 1 aliphatic rings. The number of hydrogen-bond donors (Lipinski definition) is 0. The molecule has 0 N–H and O–H groups in total. The van der Waals surface area contributed by atoms with Crippen molar-refractivity contribution in [3.8, 4) is 5.75 Å². The number of carbonyl (C=O) groups is 1. The second-order valence-electron chi connectivity index (χ2n) is 7.06. The highest BCUT2D eigenvalue weighted by molar-refractivity contribution is 6.30. The highest BCUT2D eigenvalue weighted by atomic mass is 35.5. The fourth-order valence-electron chi connectivity index (χ4n) is 3.30. The first-order valence-electron chi connectivity index (χ1n) is 9.48. The number of halogens is 1. The zero-order chi connectivity index (χ0) is 20.2. The smallest absolute Gasteiger partial charge is 0.274 e. The minimum atomic E-state index is -0.0451. The minimum Gasteiger partial charge on any atom is -0.471 e. The number of amides is 1. The molecule has 0 aliphatic carbocycles. The van der Waals surface area contributed by atoms with Crippen LogP contribution in [0.2, 0.25) is 5.02 Å². The van der Waals surface area contributed by atoms with Gasteiger partial charge in [0, 0.05) is 62.8 Å². The quantitative estimate of drug-likeness (QED) is 0.619. The SMILES string of the molecule is Cn1cc(CN2CCN(C(=O)c3ccn(COc4ccc(Cl)cc4)n3)CC2)cn1. The van der Waals surface area contributed by atoms with Gasteiger partial charge in [0.2, 0.25) is 0 Å². The number of aryl methyl sites for hydroxylation is 1. The van der Waals surface area contributed by atoms with Crippen molar-refractivity contribution in [2.24, 2.45) is 7.05 Å². The predicted octanol–water partition coefficient (Wildman–Crippen LogP) is 2.26. The molecule has 2 aromatic heterocycles. The summed E-state index contributed by atoms with van der Waals surface area (Å²) in [6.07, 6.45) is 5.66. The summed E-state index contributed by atoms with van der Waals surface area (Å²) in [5.41, 5.74) is 1.62. The monoisotopic (exact) mass is 414 g/mol. The molecule has 3 heterocycles. The number of nitrogens with zero attached hydrogens (tertiary/aromatic N) is 6. The molecule has 9 heteroatoms. The summed E-state index contributed by atoms with van der Waals surface area (Å²) in [6.45, 7) is 4.13. The molecule has 1 fully saturated rings. The molecule has 0 unspecified atom stereocenters. The lowest BCUT2D eigenvalue weighted by molar-refractivity contribution is 0.0621. The Morgan fingerprint density at radius 3 is 2.59 bits per heavy atom. The molecule has 152 valence electrons. The number of aromatic nitrogens is 4. The number of piperazine rings is 1. The van der Waals surface area contributed by atoms with Crippen LogP contribution in [-0.2, 0) is 20.3 Å². The molecular weight excluding hydrogens is 392 g/mol. The summed E-state index contributed by atoms with van der Waals surface area (Å²) in [7, 11) is 1.92. The van der Waals surface area contributed by atoms with E-state index < -0.39 is 0 Å². The van der Waals surface area contributed by atoms with E-state index in [1.54, 1.807) is 41.2 Å². The maximum absolute atomic E-state index is 12.8. The standard InChI is InChI=1S/C20H23ClN6O2/c1-24-13-16(12-22-24)14-25-8-10-26(11-9-25)20(28)19-6-7-27(23-19)15-29-18-4-2-17(21)3-5-18/h2-7,12-13H,8-11,14-15H2,1H3. The molecule has 3 aromatic rings. The Morgan fingerprint density at radius 2 is 1.90 bits per heavy atom. The topological polar surface area (TPSA) is 68.4 Å². The van der Waals surface area contributed by atoms with Gasteiger partial charge in [-0.2, -0.15) is 10.2 Å². The average Bonchev–Trinajstić information content (AvgIpc) is 3.37. The van der Waals surface area contributed by atoms with Gasteiger partial charge in [0.15, 0.2) is 12.4 Å². The molecule has 1 aromatic carbocycles. The summed E-state index contributed by atoms with van der Waals surface area (Å²) in [5, 5.41) is 9.22. The van der Waals surface area contributed by atoms with Crippen molar-refractivity contribution in [1.29, 1.82) is 0 Å². The lowest BCUT2D eigenvalue weighted by Gasteiger charge is -2.34. The van der Waals surface area contributed by atoms with E-state index in [9.17, 15) is 4.79 Å². The lowest BCUT2D eigenvalue weighted by Crippen LogP contribution is -2.48. The Morgan fingerprint density at radius 1 is 1.14 bits per heavy atom. The summed E-state index contributed by atoms with van der Waals surface area (Å²) in [5.74, 6) is 0.652. The van der Waals surface area contributed by atoms with Crippen molar-refractivity contribution in [2.75, 3.05) is 26.2 Å². The van der Waals surface area contributed by atoms with Crippen LogP contribution in [0.4, 0.5) is 0 Å². The van der Waals surface area contributed by atoms with Crippen molar-refractivity contribution < 1.29 is 9.53 Å². The van der Waals surface area contributed by atoms with E-state index in [2.05, 4.69) is 15.1 Å². The molecular formula is C20H23ClN6O2. The van der Waals surface area contributed by atoms with Crippen molar-refractivity contribution in [1.82, 2.24) is 29.4 Å². The van der Waals surface area contributed by atoms with Gasteiger partial charge in [-0.05, 0) is 30.3 Å². The Bertz CT molecular complexity index is 960. The maximum atomic E-state index is 12.8. The van der Waals surface area contributed by atoms with Crippen LogP contribution >= 0.6 is 11.6 Å². The van der Waals surface area contributed by atoms with E-state index in [0.717, 1.165) is 19.6 Å². The van der Waals surface area contributed by atoms with E-state index in [0.29, 0.717) is 29.6 Å². The first kappa shape index (κ1) is 19.5. The molecule has 0 atom stereocenters. The molecule has 0 radical (unpaired) electrons.